The number of ether oxygens (including phenoxy) is 2. The lowest BCUT2D eigenvalue weighted by atomic mass is 10.1. The zero-order chi connectivity index (χ0) is 22.7. The molecule has 0 spiro atoms. The molecule has 6 nitrogen and oxygen atoms in total. The first-order valence-corrected chi connectivity index (χ1v) is 10.6. The molecule has 0 atom stereocenters. The molecule has 1 aromatic heterocycles. The van der Waals surface area contributed by atoms with Crippen molar-refractivity contribution in [2.24, 2.45) is 0 Å². The van der Waals surface area contributed by atoms with Crippen LogP contribution in [0.25, 0.3) is 22.3 Å². The first-order valence-electron chi connectivity index (χ1n) is 9.85. The minimum Gasteiger partial charge on any atom is -0.496 e. The minimum absolute atomic E-state index is 0.0276. The third-order valence-electron chi connectivity index (χ3n) is 4.82. The maximum absolute atomic E-state index is 13.2. The van der Waals surface area contributed by atoms with E-state index in [1.807, 2.05) is 25.1 Å². The second kappa shape index (κ2) is 9.28. The molecular formula is C25H20BrNO5. The monoisotopic (exact) mass is 493 g/mol. The predicted molar refractivity (Wildman–Crippen MR) is 127 cm³/mol. The highest BCUT2D eigenvalue weighted by molar-refractivity contribution is 9.10. The summed E-state index contributed by atoms with van der Waals surface area (Å²) in [7, 11) is 1.57. The number of anilines is 1. The number of halogens is 1. The molecule has 0 aliphatic carbocycles. The Labute approximate surface area is 192 Å². The molecule has 0 saturated carbocycles. The number of aryl methyl sites for hydroxylation is 1. The lowest BCUT2D eigenvalue weighted by molar-refractivity contribution is -0.118. The molecule has 0 radical (unpaired) electrons. The number of methoxy groups -OCH3 is 1. The van der Waals surface area contributed by atoms with Crippen molar-refractivity contribution < 1.29 is 18.7 Å². The van der Waals surface area contributed by atoms with E-state index >= 15 is 0 Å². The van der Waals surface area contributed by atoms with Gasteiger partial charge in [0.2, 0.25) is 11.2 Å². The molecule has 7 heteroatoms. The van der Waals surface area contributed by atoms with Gasteiger partial charge in [-0.05, 0) is 70.9 Å². The van der Waals surface area contributed by atoms with Gasteiger partial charge in [0, 0.05) is 11.3 Å². The van der Waals surface area contributed by atoms with Crippen molar-refractivity contribution in [3.8, 4) is 22.8 Å². The van der Waals surface area contributed by atoms with Crippen LogP contribution in [0.2, 0.25) is 0 Å². The number of carbonyl (C=O) groups is 1. The average Bonchev–Trinajstić information content (AvgIpc) is 2.78. The largest absolute Gasteiger partial charge is 0.496 e. The van der Waals surface area contributed by atoms with E-state index in [9.17, 15) is 9.59 Å². The zero-order valence-electron chi connectivity index (χ0n) is 17.5. The van der Waals surface area contributed by atoms with Crippen LogP contribution < -0.4 is 20.2 Å². The maximum atomic E-state index is 13.2. The molecule has 4 rings (SSSR count). The van der Waals surface area contributed by atoms with Gasteiger partial charge in [0.1, 0.15) is 11.3 Å². The minimum atomic E-state index is -0.384. The van der Waals surface area contributed by atoms with Crippen LogP contribution in [-0.2, 0) is 4.79 Å². The van der Waals surface area contributed by atoms with Crippen LogP contribution in [0, 0.1) is 6.92 Å². The van der Waals surface area contributed by atoms with Crippen LogP contribution in [0.4, 0.5) is 5.69 Å². The highest BCUT2D eigenvalue weighted by atomic mass is 79.9. The van der Waals surface area contributed by atoms with Crippen LogP contribution >= 0.6 is 15.9 Å². The second-order valence-electron chi connectivity index (χ2n) is 7.14. The summed E-state index contributed by atoms with van der Waals surface area (Å²) in [5, 5.41) is 3.15. The third kappa shape index (κ3) is 4.53. The van der Waals surface area contributed by atoms with Gasteiger partial charge >= 0.3 is 0 Å². The van der Waals surface area contributed by atoms with Crippen molar-refractivity contribution in [3.05, 3.63) is 87.0 Å². The van der Waals surface area contributed by atoms with Gasteiger partial charge in [-0.15, -0.1) is 0 Å². The quantitative estimate of drug-likeness (QED) is 0.380. The Morgan fingerprint density at radius 3 is 2.62 bits per heavy atom. The van der Waals surface area contributed by atoms with Gasteiger partial charge in [-0.2, -0.15) is 0 Å². The Morgan fingerprint density at radius 2 is 1.88 bits per heavy atom. The van der Waals surface area contributed by atoms with Gasteiger partial charge < -0.3 is 19.2 Å². The summed E-state index contributed by atoms with van der Waals surface area (Å²) in [6.07, 6.45) is 0. The molecule has 0 aliphatic heterocycles. The van der Waals surface area contributed by atoms with Crippen molar-refractivity contribution in [1.29, 1.82) is 0 Å². The molecule has 32 heavy (non-hydrogen) atoms. The van der Waals surface area contributed by atoms with Crippen LogP contribution in [0.5, 0.6) is 11.5 Å². The highest BCUT2D eigenvalue weighted by Gasteiger charge is 2.19. The Morgan fingerprint density at radius 1 is 1.06 bits per heavy atom. The first kappa shape index (κ1) is 21.6. The Bertz CT molecular complexity index is 1360. The number of benzene rings is 3. The molecule has 0 unspecified atom stereocenters. The Hall–Kier alpha value is -3.58. The molecular weight excluding hydrogens is 474 g/mol. The summed E-state index contributed by atoms with van der Waals surface area (Å²) in [4.78, 5) is 25.7. The second-order valence-corrected chi connectivity index (χ2v) is 8.00. The van der Waals surface area contributed by atoms with Crippen LogP contribution in [0.3, 0.4) is 0 Å². The van der Waals surface area contributed by atoms with Gasteiger partial charge in [0.15, 0.2) is 12.4 Å². The number of fused-ring (bicyclic) bond motifs is 1. The summed E-state index contributed by atoms with van der Waals surface area (Å²) in [5.74, 6) is 0.461. The molecule has 1 amide bonds. The molecule has 1 N–H and O–H groups in total. The van der Waals surface area contributed by atoms with E-state index in [0.717, 1.165) is 5.56 Å². The first-order chi connectivity index (χ1) is 15.5. The average molecular weight is 494 g/mol. The Balaban J connectivity index is 1.70. The van der Waals surface area contributed by atoms with E-state index in [0.29, 0.717) is 32.4 Å². The SMILES string of the molecule is COc1ccc(-c2oc3ccccc3c(=O)c2OCC(=O)Nc2cccc(C)c2)cc1Br. The third-order valence-corrected chi connectivity index (χ3v) is 5.44. The molecule has 4 aromatic rings. The lowest BCUT2D eigenvalue weighted by Crippen LogP contribution is -2.22. The number of rotatable bonds is 6. The van der Waals surface area contributed by atoms with Crippen LogP contribution in [-0.4, -0.2) is 19.6 Å². The van der Waals surface area contributed by atoms with Gasteiger partial charge in [-0.3, -0.25) is 9.59 Å². The van der Waals surface area contributed by atoms with E-state index in [1.165, 1.54) is 0 Å². The Kier molecular flexibility index (Phi) is 6.28. The summed E-state index contributed by atoms with van der Waals surface area (Å²) in [5.41, 5.74) is 2.36. The molecule has 0 fully saturated rings. The van der Waals surface area contributed by atoms with E-state index in [4.69, 9.17) is 13.9 Å². The van der Waals surface area contributed by atoms with Crippen LogP contribution in [0.1, 0.15) is 5.56 Å². The fourth-order valence-corrected chi connectivity index (χ4v) is 3.85. The van der Waals surface area contributed by atoms with Crippen molar-refractivity contribution in [2.45, 2.75) is 6.92 Å². The number of hydrogen-bond acceptors (Lipinski definition) is 5. The fraction of sp³-hybridized carbons (Fsp3) is 0.120. The number of para-hydroxylation sites is 1. The topological polar surface area (TPSA) is 77.8 Å². The molecule has 3 aromatic carbocycles. The predicted octanol–water partition coefficient (Wildman–Crippen LogP) is 5.56. The van der Waals surface area contributed by atoms with Gasteiger partial charge in [0.25, 0.3) is 5.91 Å². The zero-order valence-corrected chi connectivity index (χ0v) is 19.1. The van der Waals surface area contributed by atoms with Gasteiger partial charge in [0.05, 0.1) is 17.0 Å². The van der Waals surface area contributed by atoms with Crippen molar-refractivity contribution >= 4 is 38.5 Å². The van der Waals surface area contributed by atoms with E-state index in [1.54, 1.807) is 55.6 Å². The van der Waals surface area contributed by atoms with E-state index in [2.05, 4.69) is 21.2 Å². The number of amides is 1. The van der Waals surface area contributed by atoms with Crippen molar-refractivity contribution in [3.63, 3.8) is 0 Å². The van der Waals surface area contributed by atoms with Gasteiger partial charge in [-0.1, -0.05) is 24.3 Å². The van der Waals surface area contributed by atoms with Crippen LogP contribution in [0.15, 0.2) is 80.4 Å². The number of hydrogen-bond donors (Lipinski definition) is 1. The molecule has 0 bridgehead atoms. The van der Waals surface area contributed by atoms with Crippen molar-refractivity contribution in [1.82, 2.24) is 0 Å². The normalized spacial score (nSPS) is 10.7. The fourth-order valence-electron chi connectivity index (χ4n) is 3.31. The summed E-state index contributed by atoms with van der Waals surface area (Å²) < 4.78 is 17.7. The number of nitrogens with one attached hydrogen (secondary N) is 1. The molecule has 1 heterocycles. The standard InChI is InChI=1S/C25H20BrNO5/c1-15-6-5-7-17(12-15)27-22(28)14-31-25-23(29)18-8-3-4-9-20(18)32-24(25)16-10-11-21(30-2)19(26)13-16/h3-13H,14H2,1-2H3,(H,27,28). The number of carbonyl (C=O) groups excluding carboxylic acids is 1. The van der Waals surface area contributed by atoms with Crippen molar-refractivity contribution in [2.75, 3.05) is 19.0 Å². The molecule has 0 aliphatic rings. The smallest absolute Gasteiger partial charge is 0.262 e. The summed E-state index contributed by atoms with van der Waals surface area (Å²) >= 11 is 3.45. The van der Waals surface area contributed by atoms with Gasteiger partial charge in [-0.25, -0.2) is 0 Å². The molecule has 162 valence electrons. The highest BCUT2D eigenvalue weighted by Crippen LogP contribution is 2.35. The van der Waals surface area contributed by atoms with E-state index < -0.39 is 0 Å². The summed E-state index contributed by atoms with van der Waals surface area (Å²) in [6, 6.07) is 19.6. The molecule has 0 saturated heterocycles. The maximum Gasteiger partial charge on any atom is 0.262 e. The summed E-state index contributed by atoms with van der Waals surface area (Å²) in [6.45, 7) is 1.59. The lowest BCUT2D eigenvalue weighted by Gasteiger charge is -2.13. The van der Waals surface area contributed by atoms with E-state index in [-0.39, 0.29) is 29.5 Å².